The van der Waals surface area contributed by atoms with Crippen molar-refractivity contribution < 1.29 is 14.3 Å². The molecule has 1 N–H and O–H groups in total. The van der Waals surface area contributed by atoms with Crippen LogP contribution in [0.15, 0.2) is 18.3 Å². The summed E-state index contributed by atoms with van der Waals surface area (Å²) in [6, 6.07) is 3.15. The van der Waals surface area contributed by atoms with Crippen molar-refractivity contribution in [1.82, 2.24) is 10.3 Å². The molecule has 0 bridgehead atoms. The van der Waals surface area contributed by atoms with Crippen molar-refractivity contribution in [2.75, 3.05) is 0 Å². The van der Waals surface area contributed by atoms with Gasteiger partial charge in [0, 0.05) is 18.7 Å². The summed E-state index contributed by atoms with van der Waals surface area (Å²) in [6.45, 7) is 5.35. The fraction of sp³-hybridized carbons (Fsp3) is 0.500. The second-order valence-electron chi connectivity index (χ2n) is 5.44. The molecule has 1 amide bonds. The maximum atomic E-state index is 11.7. The second kappa shape index (κ2) is 7.24. The molecular weight excluding hydrogens is 280 g/mol. The monoisotopic (exact) mass is 298 g/mol. The molecule has 20 heavy (non-hydrogen) atoms. The predicted octanol–water partition coefficient (Wildman–Crippen LogP) is 2.76. The fourth-order valence-electron chi connectivity index (χ4n) is 1.60. The average Bonchev–Trinajstić information content (AvgIpc) is 2.30. The van der Waals surface area contributed by atoms with Crippen LogP contribution in [0.3, 0.4) is 0 Å². The van der Waals surface area contributed by atoms with Gasteiger partial charge in [-0.3, -0.25) is 0 Å². The highest BCUT2D eigenvalue weighted by Gasteiger charge is 2.19. The zero-order valence-electron chi connectivity index (χ0n) is 11.9. The van der Waals surface area contributed by atoms with Gasteiger partial charge < -0.3 is 14.8 Å². The van der Waals surface area contributed by atoms with Gasteiger partial charge in [-0.2, -0.15) is 0 Å². The third-order valence-corrected chi connectivity index (χ3v) is 2.60. The molecule has 0 aromatic carbocycles. The van der Waals surface area contributed by atoms with E-state index in [2.05, 4.69) is 10.3 Å². The summed E-state index contributed by atoms with van der Waals surface area (Å²) < 4.78 is 5.17. The Morgan fingerprint density at radius 1 is 1.50 bits per heavy atom. The van der Waals surface area contributed by atoms with E-state index in [0.29, 0.717) is 11.6 Å². The third-order valence-electron chi connectivity index (χ3n) is 2.37. The smallest absolute Gasteiger partial charge is 0.407 e. The molecule has 110 valence electrons. The number of hydrogen-bond acceptors (Lipinski definition) is 4. The van der Waals surface area contributed by atoms with Gasteiger partial charge in [0.15, 0.2) is 0 Å². The molecule has 0 saturated heterocycles. The van der Waals surface area contributed by atoms with Crippen LogP contribution in [0.2, 0.25) is 5.15 Å². The largest absolute Gasteiger partial charge is 0.444 e. The van der Waals surface area contributed by atoms with E-state index in [-0.39, 0.29) is 12.5 Å². The second-order valence-corrected chi connectivity index (χ2v) is 5.83. The number of nitrogens with zero attached hydrogens (tertiary/aromatic N) is 1. The van der Waals surface area contributed by atoms with E-state index in [9.17, 15) is 9.59 Å². The summed E-state index contributed by atoms with van der Waals surface area (Å²) in [5.74, 6) is 0. The Hall–Kier alpha value is -1.62. The summed E-state index contributed by atoms with van der Waals surface area (Å²) in [4.78, 5) is 26.4. The predicted molar refractivity (Wildman–Crippen MR) is 76.8 cm³/mol. The van der Waals surface area contributed by atoms with Gasteiger partial charge in [0.2, 0.25) is 0 Å². The fourth-order valence-corrected chi connectivity index (χ4v) is 1.71. The normalized spacial score (nSPS) is 12.6. The van der Waals surface area contributed by atoms with Gasteiger partial charge in [0.05, 0.1) is 0 Å². The van der Waals surface area contributed by atoms with Gasteiger partial charge in [-0.1, -0.05) is 17.7 Å². The van der Waals surface area contributed by atoms with Gasteiger partial charge in [-0.05, 0) is 38.8 Å². The zero-order valence-corrected chi connectivity index (χ0v) is 12.6. The minimum atomic E-state index is -0.572. The van der Waals surface area contributed by atoms with E-state index < -0.39 is 11.7 Å². The number of halogens is 1. The van der Waals surface area contributed by atoms with Crippen molar-refractivity contribution in [3.63, 3.8) is 0 Å². The Morgan fingerprint density at radius 3 is 2.70 bits per heavy atom. The molecule has 0 aliphatic rings. The van der Waals surface area contributed by atoms with Crippen molar-refractivity contribution in [2.45, 2.75) is 45.3 Å². The minimum Gasteiger partial charge on any atom is -0.444 e. The first kappa shape index (κ1) is 16.4. The van der Waals surface area contributed by atoms with Crippen LogP contribution in [0.25, 0.3) is 0 Å². The number of carbonyl (C=O) groups is 2. The standard InChI is InChI=1S/C14H19ClN2O3/c1-14(2,3)20-13(19)17-11(6-7-18)8-10-4-5-12(15)16-9-10/h4-5,7,9,11H,6,8H2,1-3H3,(H,17,19)/t11-/m0/s1. The summed E-state index contributed by atoms with van der Waals surface area (Å²) in [5.41, 5.74) is 0.315. The molecule has 1 heterocycles. The van der Waals surface area contributed by atoms with Crippen molar-refractivity contribution in [1.29, 1.82) is 0 Å². The number of pyridine rings is 1. The van der Waals surface area contributed by atoms with E-state index in [1.165, 1.54) is 0 Å². The highest BCUT2D eigenvalue weighted by molar-refractivity contribution is 6.29. The molecule has 5 nitrogen and oxygen atoms in total. The maximum absolute atomic E-state index is 11.7. The summed E-state index contributed by atoms with van der Waals surface area (Å²) >= 11 is 5.71. The molecule has 0 spiro atoms. The van der Waals surface area contributed by atoms with Gasteiger partial charge in [0.25, 0.3) is 0 Å². The quantitative estimate of drug-likeness (QED) is 0.670. The van der Waals surface area contributed by atoms with Crippen molar-refractivity contribution in [3.05, 3.63) is 29.0 Å². The highest BCUT2D eigenvalue weighted by atomic mass is 35.5. The van der Waals surface area contributed by atoms with Gasteiger partial charge in [-0.15, -0.1) is 0 Å². The van der Waals surface area contributed by atoms with Gasteiger partial charge >= 0.3 is 6.09 Å². The Morgan fingerprint density at radius 2 is 2.20 bits per heavy atom. The number of ether oxygens (including phenoxy) is 1. The lowest BCUT2D eigenvalue weighted by atomic mass is 10.1. The first-order chi connectivity index (χ1) is 9.30. The molecule has 1 rings (SSSR count). The first-order valence-corrected chi connectivity index (χ1v) is 6.71. The van der Waals surface area contributed by atoms with Crippen LogP contribution >= 0.6 is 11.6 Å². The third kappa shape index (κ3) is 6.52. The molecule has 6 heteroatoms. The average molecular weight is 299 g/mol. The lowest BCUT2D eigenvalue weighted by Crippen LogP contribution is -2.40. The Bertz CT molecular complexity index is 454. The van der Waals surface area contributed by atoms with E-state index in [1.54, 1.807) is 33.0 Å². The summed E-state index contributed by atoms with van der Waals surface area (Å²) in [6.07, 6.45) is 2.55. The lowest BCUT2D eigenvalue weighted by molar-refractivity contribution is -0.108. The molecular formula is C14H19ClN2O3. The number of carbonyl (C=O) groups excluding carboxylic acids is 2. The summed E-state index contributed by atoms with van der Waals surface area (Å²) in [7, 11) is 0. The Balaban J connectivity index is 2.62. The SMILES string of the molecule is CC(C)(C)OC(=O)N[C@@H](CC=O)Cc1ccc(Cl)nc1. The minimum absolute atomic E-state index is 0.210. The molecule has 0 aliphatic heterocycles. The molecule has 1 aromatic heterocycles. The molecule has 0 saturated carbocycles. The van der Waals surface area contributed by atoms with Crippen LogP contribution in [-0.2, 0) is 16.0 Å². The number of amides is 1. The first-order valence-electron chi connectivity index (χ1n) is 6.34. The van der Waals surface area contributed by atoms with E-state index in [4.69, 9.17) is 16.3 Å². The van der Waals surface area contributed by atoms with Crippen molar-refractivity contribution >= 4 is 24.0 Å². The topological polar surface area (TPSA) is 68.3 Å². The van der Waals surface area contributed by atoms with Crippen LogP contribution in [0.5, 0.6) is 0 Å². The number of rotatable bonds is 5. The van der Waals surface area contributed by atoms with Gasteiger partial charge in [0.1, 0.15) is 17.0 Å². The number of aldehydes is 1. The Labute approximate surface area is 123 Å². The van der Waals surface area contributed by atoms with E-state index in [1.807, 2.05) is 6.07 Å². The van der Waals surface area contributed by atoms with Crippen LogP contribution in [0, 0.1) is 0 Å². The lowest BCUT2D eigenvalue weighted by Gasteiger charge is -2.22. The van der Waals surface area contributed by atoms with Gasteiger partial charge in [-0.25, -0.2) is 9.78 Å². The molecule has 0 aliphatic carbocycles. The van der Waals surface area contributed by atoms with Crippen molar-refractivity contribution in [2.24, 2.45) is 0 Å². The number of alkyl carbamates (subject to hydrolysis) is 1. The highest BCUT2D eigenvalue weighted by Crippen LogP contribution is 2.10. The summed E-state index contributed by atoms with van der Waals surface area (Å²) in [5, 5.41) is 3.09. The zero-order chi connectivity index (χ0) is 15.2. The van der Waals surface area contributed by atoms with Crippen LogP contribution in [0.1, 0.15) is 32.8 Å². The maximum Gasteiger partial charge on any atom is 0.407 e. The number of aromatic nitrogens is 1. The molecule has 0 fully saturated rings. The van der Waals surface area contributed by atoms with Crippen LogP contribution in [0.4, 0.5) is 4.79 Å². The number of nitrogens with one attached hydrogen (secondary N) is 1. The van der Waals surface area contributed by atoms with Crippen LogP contribution in [-0.4, -0.2) is 29.0 Å². The van der Waals surface area contributed by atoms with E-state index >= 15 is 0 Å². The Kier molecular flexibility index (Phi) is 5.95. The molecule has 1 atom stereocenters. The molecule has 0 unspecified atom stereocenters. The van der Waals surface area contributed by atoms with Crippen LogP contribution < -0.4 is 5.32 Å². The molecule has 0 radical (unpaired) electrons. The van der Waals surface area contributed by atoms with E-state index in [0.717, 1.165) is 11.8 Å². The number of hydrogen-bond donors (Lipinski definition) is 1. The van der Waals surface area contributed by atoms with Crippen molar-refractivity contribution in [3.8, 4) is 0 Å². The molecule has 1 aromatic rings.